The van der Waals surface area contributed by atoms with E-state index < -0.39 is 6.04 Å². The Labute approximate surface area is 131 Å². The minimum absolute atomic E-state index is 0.0709. The van der Waals surface area contributed by atoms with Gasteiger partial charge in [-0.2, -0.15) is 0 Å². The standard InChI is InChI=1S/C16H25N3O3/c1-16(2,3)13(17)14(20)18-11-6-8-19(9-7-11)15(21)12-5-4-10-22-12/h4-5,10-11,13H,6-9,17H2,1-3H3,(H,18,20)/t13-/m1/s1. The summed E-state index contributed by atoms with van der Waals surface area (Å²) >= 11 is 0. The van der Waals surface area contributed by atoms with Crippen molar-refractivity contribution in [3.05, 3.63) is 24.2 Å². The number of nitrogens with zero attached hydrogens (tertiary/aromatic N) is 1. The van der Waals surface area contributed by atoms with Gasteiger partial charge < -0.3 is 20.4 Å². The van der Waals surface area contributed by atoms with Gasteiger partial charge in [-0.05, 0) is 30.4 Å². The summed E-state index contributed by atoms with van der Waals surface area (Å²) in [5.74, 6) is 0.140. The summed E-state index contributed by atoms with van der Waals surface area (Å²) in [5.41, 5.74) is 5.70. The van der Waals surface area contributed by atoms with E-state index in [-0.39, 0.29) is 23.3 Å². The molecule has 22 heavy (non-hydrogen) atoms. The molecule has 2 rings (SSSR count). The van der Waals surface area contributed by atoms with E-state index in [1.165, 1.54) is 6.26 Å². The van der Waals surface area contributed by atoms with Crippen LogP contribution in [-0.4, -0.2) is 41.9 Å². The highest BCUT2D eigenvalue weighted by molar-refractivity contribution is 5.91. The number of hydrogen-bond donors (Lipinski definition) is 2. The lowest BCUT2D eigenvalue weighted by Gasteiger charge is -2.34. The fourth-order valence-corrected chi connectivity index (χ4v) is 2.47. The predicted octanol–water partition coefficient (Wildman–Crippen LogP) is 1.37. The van der Waals surface area contributed by atoms with Crippen molar-refractivity contribution in [3.8, 4) is 0 Å². The van der Waals surface area contributed by atoms with Gasteiger partial charge in [0, 0.05) is 19.1 Å². The molecular weight excluding hydrogens is 282 g/mol. The fourth-order valence-electron chi connectivity index (χ4n) is 2.47. The van der Waals surface area contributed by atoms with Gasteiger partial charge in [0.15, 0.2) is 5.76 Å². The summed E-state index contributed by atoms with van der Waals surface area (Å²) in [7, 11) is 0. The van der Waals surface area contributed by atoms with Crippen molar-refractivity contribution in [2.24, 2.45) is 11.1 Å². The molecule has 6 heteroatoms. The highest BCUT2D eigenvalue weighted by Gasteiger charge is 2.31. The van der Waals surface area contributed by atoms with Crippen molar-refractivity contribution in [2.45, 2.75) is 45.7 Å². The lowest BCUT2D eigenvalue weighted by atomic mass is 9.86. The zero-order valence-electron chi connectivity index (χ0n) is 13.5. The molecule has 1 aliphatic heterocycles. The van der Waals surface area contributed by atoms with Gasteiger partial charge in [-0.15, -0.1) is 0 Å². The quantitative estimate of drug-likeness (QED) is 0.883. The van der Waals surface area contributed by atoms with Crippen molar-refractivity contribution in [1.82, 2.24) is 10.2 Å². The van der Waals surface area contributed by atoms with Crippen LogP contribution in [0.5, 0.6) is 0 Å². The SMILES string of the molecule is CC(C)(C)[C@H](N)C(=O)NC1CCN(C(=O)c2ccco2)CC1. The van der Waals surface area contributed by atoms with Crippen LogP contribution in [0, 0.1) is 5.41 Å². The minimum atomic E-state index is -0.532. The predicted molar refractivity (Wildman–Crippen MR) is 83.2 cm³/mol. The van der Waals surface area contributed by atoms with E-state index in [2.05, 4.69) is 5.32 Å². The van der Waals surface area contributed by atoms with E-state index in [1.54, 1.807) is 17.0 Å². The van der Waals surface area contributed by atoms with Gasteiger partial charge >= 0.3 is 0 Å². The molecular formula is C16H25N3O3. The van der Waals surface area contributed by atoms with Crippen LogP contribution in [0.1, 0.15) is 44.2 Å². The van der Waals surface area contributed by atoms with Crippen molar-refractivity contribution in [2.75, 3.05) is 13.1 Å². The summed E-state index contributed by atoms with van der Waals surface area (Å²) in [5, 5.41) is 2.99. The number of nitrogens with one attached hydrogen (secondary N) is 1. The number of amides is 2. The largest absolute Gasteiger partial charge is 0.459 e. The number of carbonyl (C=O) groups excluding carboxylic acids is 2. The normalized spacial score (nSPS) is 18.1. The van der Waals surface area contributed by atoms with Gasteiger partial charge in [-0.1, -0.05) is 20.8 Å². The number of rotatable bonds is 3. The number of piperidine rings is 1. The average molecular weight is 307 g/mol. The molecule has 0 saturated carbocycles. The second-order valence-corrected chi connectivity index (χ2v) is 6.90. The van der Waals surface area contributed by atoms with Gasteiger partial charge in [0.25, 0.3) is 5.91 Å². The molecule has 2 amide bonds. The van der Waals surface area contributed by atoms with Crippen molar-refractivity contribution >= 4 is 11.8 Å². The Hall–Kier alpha value is -1.82. The molecule has 0 aromatic carbocycles. The van der Waals surface area contributed by atoms with E-state index in [1.807, 2.05) is 20.8 Å². The van der Waals surface area contributed by atoms with Crippen LogP contribution in [-0.2, 0) is 4.79 Å². The first-order chi connectivity index (χ1) is 10.3. The molecule has 122 valence electrons. The molecule has 1 aromatic heterocycles. The topological polar surface area (TPSA) is 88.6 Å². The summed E-state index contributed by atoms with van der Waals surface area (Å²) in [6.45, 7) is 7.05. The van der Waals surface area contributed by atoms with Crippen LogP contribution >= 0.6 is 0 Å². The van der Waals surface area contributed by atoms with Gasteiger partial charge in [-0.3, -0.25) is 9.59 Å². The van der Waals surface area contributed by atoms with E-state index >= 15 is 0 Å². The lowest BCUT2D eigenvalue weighted by Crippen LogP contribution is -2.54. The van der Waals surface area contributed by atoms with Crippen LogP contribution in [0.25, 0.3) is 0 Å². The first-order valence-electron chi connectivity index (χ1n) is 7.68. The van der Waals surface area contributed by atoms with E-state index in [0.29, 0.717) is 18.8 Å². The summed E-state index contributed by atoms with van der Waals surface area (Å²) in [6.07, 6.45) is 2.96. The second kappa shape index (κ2) is 6.52. The zero-order valence-corrected chi connectivity index (χ0v) is 13.5. The molecule has 2 heterocycles. The van der Waals surface area contributed by atoms with Crippen molar-refractivity contribution in [1.29, 1.82) is 0 Å². The van der Waals surface area contributed by atoms with Crippen molar-refractivity contribution < 1.29 is 14.0 Å². The number of hydrogen-bond acceptors (Lipinski definition) is 4. The van der Waals surface area contributed by atoms with Crippen LogP contribution in [0.15, 0.2) is 22.8 Å². The molecule has 0 unspecified atom stereocenters. The monoisotopic (exact) mass is 307 g/mol. The molecule has 6 nitrogen and oxygen atoms in total. The third kappa shape index (κ3) is 3.88. The molecule has 0 spiro atoms. The van der Waals surface area contributed by atoms with Crippen LogP contribution in [0.2, 0.25) is 0 Å². The van der Waals surface area contributed by atoms with Crippen LogP contribution < -0.4 is 11.1 Å². The molecule has 0 aliphatic carbocycles. The number of furan rings is 1. The highest BCUT2D eigenvalue weighted by atomic mass is 16.3. The second-order valence-electron chi connectivity index (χ2n) is 6.90. The van der Waals surface area contributed by atoms with Gasteiger partial charge in [0.05, 0.1) is 12.3 Å². The Balaban J connectivity index is 1.83. The molecule has 1 fully saturated rings. The summed E-state index contributed by atoms with van der Waals surface area (Å²) in [6, 6.07) is 2.91. The summed E-state index contributed by atoms with van der Waals surface area (Å²) in [4.78, 5) is 26.0. The van der Waals surface area contributed by atoms with Crippen molar-refractivity contribution in [3.63, 3.8) is 0 Å². The molecule has 0 bridgehead atoms. The first kappa shape index (κ1) is 16.5. The van der Waals surface area contributed by atoms with Gasteiger partial charge in [0.1, 0.15) is 0 Å². The summed E-state index contributed by atoms with van der Waals surface area (Å²) < 4.78 is 5.13. The maximum atomic E-state index is 12.2. The van der Waals surface area contributed by atoms with E-state index in [0.717, 1.165) is 12.8 Å². The third-order valence-electron chi connectivity index (χ3n) is 4.08. The molecule has 1 atom stereocenters. The fraction of sp³-hybridized carbons (Fsp3) is 0.625. The zero-order chi connectivity index (χ0) is 16.3. The Kier molecular flexibility index (Phi) is 4.90. The van der Waals surface area contributed by atoms with Gasteiger partial charge in [0.2, 0.25) is 5.91 Å². The maximum absolute atomic E-state index is 12.2. The van der Waals surface area contributed by atoms with Crippen LogP contribution in [0.4, 0.5) is 0 Å². The highest BCUT2D eigenvalue weighted by Crippen LogP contribution is 2.19. The third-order valence-corrected chi connectivity index (χ3v) is 4.08. The first-order valence-corrected chi connectivity index (χ1v) is 7.68. The minimum Gasteiger partial charge on any atom is -0.459 e. The number of likely N-dealkylation sites (tertiary alicyclic amines) is 1. The lowest BCUT2D eigenvalue weighted by molar-refractivity contribution is -0.125. The smallest absolute Gasteiger partial charge is 0.289 e. The molecule has 1 aliphatic rings. The maximum Gasteiger partial charge on any atom is 0.289 e. The number of nitrogens with two attached hydrogens (primary N) is 1. The Morgan fingerprint density at radius 2 is 2.00 bits per heavy atom. The Bertz CT molecular complexity index is 511. The molecule has 1 saturated heterocycles. The Morgan fingerprint density at radius 1 is 1.36 bits per heavy atom. The number of carbonyl (C=O) groups is 2. The Morgan fingerprint density at radius 3 is 2.50 bits per heavy atom. The van der Waals surface area contributed by atoms with E-state index in [9.17, 15) is 9.59 Å². The molecule has 0 radical (unpaired) electrons. The van der Waals surface area contributed by atoms with Crippen LogP contribution in [0.3, 0.4) is 0 Å². The van der Waals surface area contributed by atoms with Gasteiger partial charge in [-0.25, -0.2) is 0 Å². The molecule has 3 N–H and O–H groups in total. The van der Waals surface area contributed by atoms with E-state index in [4.69, 9.17) is 10.2 Å². The average Bonchev–Trinajstić information content (AvgIpc) is 2.99. The molecule has 1 aromatic rings.